The van der Waals surface area contributed by atoms with Gasteiger partial charge in [0, 0.05) is 113 Å². The Hall–Kier alpha value is -10.6. The first-order chi connectivity index (χ1) is 46.8. The molecule has 4 aliphatic rings. The second-order valence-corrected chi connectivity index (χ2v) is 24.6. The van der Waals surface area contributed by atoms with Gasteiger partial charge in [0.1, 0.15) is 17.1 Å². The van der Waals surface area contributed by atoms with Crippen LogP contribution in [-0.4, -0.2) is 133 Å². The minimum absolute atomic E-state index is 0. The van der Waals surface area contributed by atoms with E-state index in [1.54, 1.807) is 51.5 Å². The number of anilines is 3. The average molecular weight is 1300 g/mol. The molecule has 4 fully saturated rings. The highest BCUT2D eigenvalue weighted by Gasteiger charge is 2.28. The lowest BCUT2D eigenvalue weighted by molar-refractivity contribution is 0.0642. The van der Waals surface area contributed by atoms with Gasteiger partial charge in [-0.15, -0.1) is 0 Å². The van der Waals surface area contributed by atoms with Gasteiger partial charge in [0.15, 0.2) is 0 Å². The van der Waals surface area contributed by atoms with Crippen LogP contribution in [-0.2, 0) is 4.74 Å². The Bertz CT molecular complexity index is 4170. The molecule has 0 bridgehead atoms. The molecule has 4 aliphatic heterocycles. The molecule has 18 nitrogen and oxygen atoms in total. The lowest BCUT2D eigenvalue weighted by atomic mass is 10.0. The normalized spacial score (nSPS) is 14.9. The molecule has 0 radical (unpaired) electrons. The molecular formula is C78H97N13O5. The highest BCUT2D eigenvalue weighted by Crippen LogP contribution is 2.30. The van der Waals surface area contributed by atoms with Crippen molar-refractivity contribution in [1.82, 2.24) is 49.9 Å². The van der Waals surface area contributed by atoms with E-state index in [0.717, 1.165) is 109 Å². The number of aromatic nitrogens is 6. The number of amides is 4. The average Bonchev–Trinajstić information content (AvgIpc) is 1.40. The van der Waals surface area contributed by atoms with Gasteiger partial charge in [0.05, 0.1) is 52.8 Å². The summed E-state index contributed by atoms with van der Waals surface area (Å²) in [5, 5.41) is 11.6. The monoisotopic (exact) mass is 1300 g/mol. The van der Waals surface area contributed by atoms with Crippen molar-refractivity contribution >= 4 is 52.1 Å². The van der Waals surface area contributed by atoms with Crippen LogP contribution in [0.5, 0.6) is 0 Å². The van der Waals surface area contributed by atoms with Crippen molar-refractivity contribution in [3.63, 3.8) is 0 Å². The summed E-state index contributed by atoms with van der Waals surface area (Å²) in [4.78, 5) is 85.0. The number of hydrogen-bond acceptors (Lipinski definition) is 14. The van der Waals surface area contributed by atoms with Crippen LogP contribution in [0, 0.1) is 26.7 Å². The first-order valence-electron chi connectivity index (χ1n) is 33.2. The number of nitrogens with zero attached hydrogens (tertiary/aromatic N) is 9. The number of likely N-dealkylation sites (tertiary alicyclic amines) is 3. The quantitative estimate of drug-likeness (QED) is 0.0668. The van der Waals surface area contributed by atoms with Gasteiger partial charge < -0.3 is 40.7 Å². The Labute approximate surface area is 572 Å². The number of carbonyl (C=O) groups is 4. The zero-order chi connectivity index (χ0) is 66.8. The number of rotatable bonds is 17. The van der Waals surface area contributed by atoms with Gasteiger partial charge in [0.25, 0.3) is 23.6 Å². The summed E-state index contributed by atoms with van der Waals surface area (Å²) >= 11 is 0. The minimum atomic E-state index is -0.313. The zero-order valence-corrected chi connectivity index (χ0v) is 55.0. The molecule has 4 saturated heterocycles. The summed E-state index contributed by atoms with van der Waals surface area (Å²) in [5.74, 6) is -0.462. The fourth-order valence-electron chi connectivity index (χ4n) is 12.3. The smallest absolute Gasteiger partial charge is 0.276 e. The number of piperidine rings is 1. The maximum Gasteiger partial charge on any atom is 0.276 e. The molecule has 0 saturated carbocycles. The Kier molecular flexibility index (Phi) is 22.7. The highest BCUT2D eigenvalue weighted by atomic mass is 16.5. The maximum absolute atomic E-state index is 12.8. The van der Waals surface area contributed by atoms with E-state index in [0.29, 0.717) is 69.3 Å². The number of ether oxygens (including phenoxy) is 1. The number of aryl methyl sites for hydroxylation is 3. The van der Waals surface area contributed by atoms with Gasteiger partial charge in [-0.05, 0) is 151 Å². The topological polar surface area (TPSA) is 213 Å². The van der Waals surface area contributed by atoms with E-state index in [1.165, 1.54) is 51.6 Å². The SMILES string of the molecule is C=C(c1ccc(-c2cnc(C)c(C(=O)Nc3ccccc3)n2)cc1)N1CCC(N2CCCC2)CC1.C=C(c1ccc(-c2cnc(C)c(C(=O)Nc3ccccc3)n2)cc1)N1CCCC1.Cc1ncc(-c2ccc(C(=O)NCC3CCOCC3)cc2)nc1C(=O)Nc1ccccc1.[HH].[HH].[HH].[HH].[HH].[HH].[HH]. The van der Waals surface area contributed by atoms with E-state index < -0.39 is 0 Å². The summed E-state index contributed by atoms with van der Waals surface area (Å²) in [6, 6.07) is 52.3. The Morgan fingerprint density at radius 2 is 0.781 bits per heavy atom. The van der Waals surface area contributed by atoms with Gasteiger partial charge in [-0.2, -0.15) is 0 Å². The fourth-order valence-corrected chi connectivity index (χ4v) is 12.3. The molecule has 3 aromatic heterocycles. The zero-order valence-electron chi connectivity index (χ0n) is 55.0. The molecule has 0 unspecified atom stereocenters. The van der Waals surface area contributed by atoms with E-state index in [4.69, 9.17) is 4.74 Å². The molecule has 0 aliphatic carbocycles. The standard InChI is InChI=1S/C29H33N5O.C25H26N4O3.C24H24N4O.7H2/c1-21-28(29(35)31-25-8-4-3-5-9-25)32-27(20-30-21)24-12-10-23(11-13-24)22(2)33-18-14-26(15-19-33)34-16-6-7-17-34;1-17-23(25(31)28-21-5-3-2-4-6-21)29-22(16-26-17)19-7-9-20(10-8-19)24(30)27-15-18-11-13-32-14-12-18;1-17-23(24(29)26-21-8-4-3-5-9-21)27-22(16-25-17)20-12-10-19(11-13-20)18(2)28-14-6-7-15-28;;;;;;;/h3-5,8-13,20,26H,2,6-7,14-19H2,1H3,(H,31,35);2-10,16,18H,11-15H2,1H3,(H,27,30)(H,28,31);3-5,8-13,16H,2,6-7,14-15H2,1H3,(H,26,29);7*1H. The maximum atomic E-state index is 12.8. The molecule has 6 aromatic carbocycles. The van der Waals surface area contributed by atoms with E-state index in [9.17, 15) is 19.2 Å². The number of nitrogens with one attached hydrogen (secondary N) is 4. The van der Waals surface area contributed by atoms with Crippen molar-refractivity contribution in [2.24, 2.45) is 5.92 Å². The van der Waals surface area contributed by atoms with Crippen LogP contribution in [0.25, 0.3) is 45.2 Å². The van der Waals surface area contributed by atoms with Crippen LogP contribution < -0.4 is 21.3 Å². The van der Waals surface area contributed by atoms with Gasteiger partial charge in [0.2, 0.25) is 0 Å². The van der Waals surface area contributed by atoms with Crippen molar-refractivity contribution < 1.29 is 33.9 Å². The molecule has 4 N–H and O–H groups in total. The van der Waals surface area contributed by atoms with Crippen LogP contribution >= 0.6 is 0 Å². The molecule has 504 valence electrons. The second-order valence-electron chi connectivity index (χ2n) is 24.6. The first-order valence-corrected chi connectivity index (χ1v) is 33.2. The largest absolute Gasteiger partial charge is 0.381 e. The third-order valence-corrected chi connectivity index (χ3v) is 18.0. The number of para-hydroxylation sites is 3. The minimum Gasteiger partial charge on any atom is -0.381 e. The molecule has 96 heavy (non-hydrogen) atoms. The van der Waals surface area contributed by atoms with Crippen LogP contribution in [0.4, 0.5) is 17.1 Å². The van der Waals surface area contributed by atoms with Crippen molar-refractivity contribution in [2.75, 3.05) is 75.0 Å². The van der Waals surface area contributed by atoms with E-state index in [-0.39, 0.29) is 39.3 Å². The van der Waals surface area contributed by atoms with E-state index in [2.05, 4.69) is 103 Å². The first kappa shape index (κ1) is 66.9. The molecule has 4 amide bonds. The van der Waals surface area contributed by atoms with Crippen LogP contribution in [0.1, 0.15) is 131 Å². The second kappa shape index (κ2) is 32.5. The lowest BCUT2D eigenvalue weighted by Gasteiger charge is -2.38. The number of benzene rings is 6. The van der Waals surface area contributed by atoms with Crippen LogP contribution in [0.2, 0.25) is 0 Å². The molecule has 0 atom stereocenters. The molecular weight excluding hydrogens is 1200 g/mol. The third-order valence-electron chi connectivity index (χ3n) is 18.0. The summed E-state index contributed by atoms with van der Waals surface area (Å²) < 4.78 is 5.36. The van der Waals surface area contributed by atoms with Crippen molar-refractivity contribution in [3.05, 3.63) is 246 Å². The summed E-state index contributed by atoms with van der Waals surface area (Å²) in [6.07, 6.45) is 14.6. The molecule has 13 rings (SSSR count). The highest BCUT2D eigenvalue weighted by molar-refractivity contribution is 6.05. The van der Waals surface area contributed by atoms with Gasteiger partial charge in [-0.3, -0.25) is 34.1 Å². The predicted octanol–water partition coefficient (Wildman–Crippen LogP) is 15.6. The van der Waals surface area contributed by atoms with E-state index in [1.807, 2.05) is 127 Å². The molecule has 7 heterocycles. The Morgan fingerprint density at radius 1 is 0.438 bits per heavy atom. The summed E-state index contributed by atoms with van der Waals surface area (Å²) in [7, 11) is 0. The number of carbonyl (C=O) groups excluding carboxylic acids is 4. The van der Waals surface area contributed by atoms with Crippen molar-refractivity contribution in [3.8, 4) is 33.8 Å². The summed E-state index contributed by atoms with van der Waals surface area (Å²) in [6.45, 7) is 23.0. The molecule has 0 spiro atoms. The summed E-state index contributed by atoms with van der Waals surface area (Å²) in [5.41, 5.74) is 14.3. The lowest BCUT2D eigenvalue weighted by Crippen LogP contribution is -2.42. The van der Waals surface area contributed by atoms with Gasteiger partial charge in [-0.25, -0.2) is 15.0 Å². The Morgan fingerprint density at radius 3 is 1.16 bits per heavy atom. The van der Waals surface area contributed by atoms with Gasteiger partial charge in [-0.1, -0.05) is 128 Å². The van der Waals surface area contributed by atoms with Crippen LogP contribution in [0.15, 0.2) is 196 Å². The Balaban J connectivity index is 0.000000318. The molecule has 9 aromatic rings. The van der Waals surface area contributed by atoms with Crippen molar-refractivity contribution in [1.29, 1.82) is 0 Å². The van der Waals surface area contributed by atoms with E-state index >= 15 is 0 Å². The number of hydrogen-bond donors (Lipinski definition) is 4. The van der Waals surface area contributed by atoms with Gasteiger partial charge >= 0.3 is 0 Å². The predicted molar refractivity (Wildman–Crippen MR) is 395 cm³/mol. The van der Waals surface area contributed by atoms with Crippen LogP contribution in [0.3, 0.4) is 0 Å². The molecule has 18 heteroatoms. The third kappa shape index (κ3) is 17.6. The fraction of sp³-hybridized carbons (Fsp3) is 0.282. The van der Waals surface area contributed by atoms with Crippen molar-refractivity contribution in [2.45, 2.75) is 78.2 Å².